The highest BCUT2D eigenvalue weighted by Gasteiger charge is 2.66. The lowest BCUT2D eigenvalue weighted by atomic mass is 9.62. The largest absolute Gasteiger partial charge is 0.488 e. The topological polar surface area (TPSA) is 174 Å². The van der Waals surface area contributed by atoms with Crippen molar-refractivity contribution in [1.29, 1.82) is 0 Å². The molecule has 7 aromatic carbocycles. The SMILES string of the molecule is Brc1ccc([C@H]2C3=C(Cc4ncnn42)c2ccccc2O[C@@H]3c2ccc(Br)cc2)cc1.C.CN(C)C(=O)[C@H]1NC(CC(C)(C)C)[C@]2(C(=O)Nc3cc(Cl)ccc32)[C@H]1c1cccc(Cl)c1.CN1C2=C(COc3ccccc32)Cn2ncnc21.O=C1Cc2ccccc2N1.[2HH].[B]. The van der Waals surface area contributed by atoms with Crippen LogP contribution >= 0.6 is 55.1 Å². The number of likely N-dealkylation sites (N-methyl/N-ethyl adjacent to an activating group) is 1. The molecule has 0 bridgehead atoms. The first-order chi connectivity index (χ1) is 43.8. The van der Waals surface area contributed by atoms with Crippen LogP contribution in [0.15, 0.2) is 197 Å². The van der Waals surface area contributed by atoms with Gasteiger partial charge in [-0.2, -0.15) is 15.2 Å². The molecule has 3 amide bonds. The first kappa shape index (κ1) is 66.1. The number of hydrogen-bond acceptors (Lipinski definition) is 11. The Kier molecular flexibility index (Phi) is 19.2. The average molecular weight is 1410 g/mol. The summed E-state index contributed by atoms with van der Waals surface area (Å²) in [4.78, 5) is 50.7. The molecule has 475 valence electrons. The molecule has 16 nitrogen and oxygen atoms in total. The molecular weight excluding hydrogens is 1340 g/mol. The normalized spacial score (nSPS) is 20.5. The minimum absolute atomic E-state index is 0. The van der Waals surface area contributed by atoms with Gasteiger partial charge in [0.25, 0.3) is 0 Å². The number of fused-ring (bicyclic) bond motifs is 9. The third-order valence-electron chi connectivity index (χ3n) is 17.6. The van der Waals surface area contributed by atoms with Crippen molar-refractivity contribution in [3.05, 3.63) is 251 Å². The minimum atomic E-state index is -0.978. The van der Waals surface area contributed by atoms with Crippen molar-refractivity contribution in [2.75, 3.05) is 43.3 Å². The number of benzene rings is 7. The van der Waals surface area contributed by atoms with Crippen LogP contribution in [0.3, 0.4) is 0 Å². The Labute approximate surface area is 572 Å². The van der Waals surface area contributed by atoms with Crippen molar-refractivity contribution in [3.8, 4) is 11.5 Å². The lowest BCUT2D eigenvalue weighted by Crippen LogP contribution is -2.49. The first-order valence-corrected chi connectivity index (χ1v) is 32.3. The summed E-state index contributed by atoms with van der Waals surface area (Å²) < 4.78 is 18.5. The average Bonchev–Trinajstić information content (AvgIpc) is 1.51. The van der Waals surface area contributed by atoms with Gasteiger partial charge in [-0.3, -0.25) is 14.4 Å². The fraction of sp³-hybridized carbons (Fsp3) is 0.264. The van der Waals surface area contributed by atoms with E-state index in [1.807, 2.05) is 95.3 Å². The van der Waals surface area contributed by atoms with Crippen molar-refractivity contribution in [3.63, 3.8) is 0 Å². The van der Waals surface area contributed by atoms with E-state index in [4.69, 9.17) is 32.7 Å². The highest BCUT2D eigenvalue weighted by atomic mass is 79.9. The van der Waals surface area contributed by atoms with Crippen LogP contribution in [0.25, 0.3) is 11.3 Å². The van der Waals surface area contributed by atoms with E-state index >= 15 is 0 Å². The van der Waals surface area contributed by atoms with Gasteiger partial charge in [0, 0.05) is 102 Å². The van der Waals surface area contributed by atoms with E-state index in [0.717, 1.165) is 89.8 Å². The van der Waals surface area contributed by atoms with Crippen molar-refractivity contribution >= 4 is 110 Å². The number of nitrogens with zero attached hydrogens (tertiary/aromatic N) is 8. The molecule has 3 radical (unpaired) electrons. The monoisotopic (exact) mass is 1410 g/mol. The van der Waals surface area contributed by atoms with Crippen molar-refractivity contribution in [1.82, 2.24) is 39.7 Å². The van der Waals surface area contributed by atoms with E-state index in [1.54, 1.807) is 43.8 Å². The molecule has 1 unspecified atom stereocenters. The number of hydrogen-bond donors (Lipinski definition) is 3. The molecule has 16 rings (SSSR count). The van der Waals surface area contributed by atoms with Gasteiger partial charge in [-0.15, -0.1) is 0 Å². The van der Waals surface area contributed by atoms with E-state index in [2.05, 4.69) is 166 Å². The summed E-state index contributed by atoms with van der Waals surface area (Å²) in [5.74, 6) is 3.18. The molecule has 9 aromatic rings. The van der Waals surface area contributed by atoms with Gasteiger partial charge in [-0.1, -0.05) is 174 Å². The first-order valence-electron chi connectivity index (χ1n) is 30.0. The number of carbonyl (C=O) groups excluding carboxylic acids is 3. The molecule has 9 heterocycles. The number of ether oxygens (including phenoxy) is 2. The van der Waals surface area contributed by atoms with Gasteiger partial charge in [0.15, 0.2) is 0 Å². The molecular formula is C72H71BBr2Cl2N11O5. The number of rotatable bonds is 5. The fourth-order valence-electron chi connectivity index (χ4n) is 13.8. The summed E-state index contributed by atoms with van der Waals surface area (Å²) >= 11 is 19.8. The van der Waals surface area contributed by atoms with Gasteiger partial charge >= 0.3 is 0 Å². The van der Waals surface area contributed by atoms with Gasteiger partial charge in [-0.25, -0.2) is 14.3 Å². The number of aromatic nitrogens is 6. The molecule has 2 aromatic heterocycles. The van der Waals surface area contributed by atoms with Crippen LogP contribution in [0.1, 0.15) is 98.9 Å². The van der Waals surface area contributed by atoms with Crippen LogP contribution in [-0.4, -0.2) is 100 Å². The molecule has 0 aliphatic carbocycles. The van der Waals surface area contributed by atoms with Crippen LogP contribution in [-0.2, 0) is 39.2 Å². The Balaban J connectivity index is 0.000000145. The summed E-state index contributed by atoms with van der Waals surface area (Å²) in [5, 5.41) is 19.4. The number of anilines is 3. The van der Waals surface area contributed by atoms with Crippen molar-refractivity contribution in [2.24, 2.45) is 5.41 Å². The molecule has 0 saturated carbocycles. The number of halogens is 4. The second kappa shape index (κ2) is 27.0. The highest BCUT2D eigenvalue weighted by molar-refractivity contribution is 9.10. The molecule has 6 atom stereocenters. The lowest BCUT2D eigenvalue weighted by molar-refractivity contribution is -0.131. The number of allylic oxidation sites excluding steroid dienone is 1. The zero-order valence-electron chi connectivity index (χ0n) is 51.4. The smallest absolute Gasteiger partial charge is 0.239 e. The number of nitrogens with one attached hydrogen (secondary N) is 3. The fourth-order valence-corrected chi connectivity index (χ4v) is 14.7. The van der Waals surface area contributed by atoms with Gasteiger partial charge in [-0.05, 0) is 118 Å². The minimum Gasteiger partial charge on any atom is -0.488 e. The summed E-state index contributed by atoms with van der Waals surface area (Å²) in [7, 11) is 5.51. The lowest BCUT2D eigenvalue weighted by Gasteiger charge is -2.38. The molecule has 21 heteroatoms. The van der Waals surface area contributed by atoms with E-state index in [9.17, 15) is 14.4 Å². The van der Waals surface area contributed by atoms with Crippen LogP contribution < -0.4 is 30.3 Å². The number of carbonyl (C=O) groups is 3. The van der Waals surface area contributed by atoms with Crippen LogP contribution in [0.4, 0.5) is 17.3 Å². The Morgan fingerprint density at radius 3 is 2.12 bits per heavy atom. The van der Waals surface area contributed by atoms with Gasteiger partial charge in [0.1, 0.15) is 54.1 Å². The predicted molar refractivity (Wildman–Crippen MR) is 377 cm³/mol. The molecule has 7 aliphatic rings. The van der Waals surface area contributed by atoms with Crippen LogP contribution in [0.5, 0.6) is 11.5 Å². The summed E-state index contributed by atoms with van der Waals surface area (Å²) in [6.07, 6.45) is 5.02. The third-order valence-corrected chi connectivity index (χ3v) is 19.1. The van der Waals surface area contributed by atoms with E-state index in [1.165, 1.54) is 22.4 Å². The van der Waals surface area contributed by atoms with Crippen molar-refractivity contribution < 1.29 is 25.3 Å². The highest BCUT2D eigenvalue weighted by Crippen LogP contribution is 2.57. The zero-order valence-corrected chi connectivity index (χ0v) is 56.1. The zero-order chi connectivity index (χ0) is 63.5. The Morgan fingerprint density at radius 1 is 0.742 bits per heavy atom. The molecule has 1 fully saturated rings. The maximum absolute atomic E-state index is 13.9. The standard InChI is InChI=1S/C25H17Br2N3O.C25H29Cl2N3O2.C13H12N4O.C8H7NO.CH4.B.H2/c26-17-9-5-15(6-10-17)24-23-20(13-22-28-14-29-30(22)24)19-3-1-2-4-21(19)31-25(23)16-7-11-18(27)12-8-16;1-24(2,3)13-19-25(17-10-9-16(27)12-18(17)28-23(25)32)20(14-7-6-8-15(26)11-14)21(29-19)22(31)30(4)5;1-16-12-9(6-17-13(16)14-8-15-17)7-18-11-5-3-2-4-10(11)12;10-8-5-6-3-1-2-4-7(6)9-8;;;/h1-12,14,24-25H,13H2;6-12,19-21,29H,13H2,1-5H3,(H,28,32);2-5,8H,6-7H2,1H3;1-4H,5H2,(H,9,10);1H4;;1H/t24-,25+;19?,20-,21-,25-;;;;;/m00...../s1/i;;;;;;1+1. The van der Waals surface area contributed by atoms with Crippen LogP contribution in [0, 0.1) is 5.41 Å². The van der Waals surface area contributed by atoms with E-state index in [0.29, 0.717) is 35.2 Å². The maximum Gasteiger partial charge on any atom is 0.239 e. The number of amides is 3. The van der Waals surface area contributed by atoms with Gasteiger partial charge in [0.05, 0.1) is 24.7 Å². The molecule has 1 spiro atoms. The maximum atomic E-state index is 13.9. The second-order valence-electron chi connectivity index (χ2n) is 24.9. The molecule has 93 heavy (non-hydrogen) atoms. The predicted octanol–water partition coefficient (Wildman–Crippen LogP) is 14.6. The molecule has 3 N–H and O–H groups in total. The summed E-state index contributed by atoms with van der Waals surface area (Å²) in [6.45, 7) is 7.81. The Hall–Kier alpha value is -8.33. The quantitative estimate of drug-likeness (QED) is 0.140. The van der Waals surface area contributed by atoms with E-state index in [-0.39, 0.29) is 58.6 Å². The van der Waals surface area contributed by atoms with Gasteiger partial charge < -0.3 is 35.2 Å². The summed E-state index contributed by atoms with van der Waals surface area (Å²) in [6, 6.07) is 53.1. The second-order valence-corrected chi connectivity index (χ2v) is 27.6. The number of para-hydroxylation sites is 3. The molecule has 7 aliphatic heterocycles. The third kappa shape index (κ3) is 12.7. The Morgan fingerprint density at radius 2 is 1.41 bits per heavy atom. The van der Waals surface area contributed by atoms with Gasteiger partial charge in [0.2, 0.25) is 23.7 Å². The molecule has 1 saturated heterocycles. The van der Waals surface area contributed by atoms with E-state index < -0.39 is 17.4 Å². The summed E-state index contributed by atoms with van der Waals surface area (Å²) in [5.41, 5.74) is 13.0. The van der Waals surface area contributed by atoms with Crippen molar-refractivity contribution in [2.45, 2.75) is 89.6 Å². The Bertz CT molecular complexity index is 4360. The van der Waals surface area contributed by atoms with Crippen LogP contribution in [0.2, 0.25) is 10.0 Å².